The molecule has 2 N–H and O–H groups in total. The minimum atomic E-state index is -0.125. The molecule has 0 aromatic heterocycles. The molecule has 1 aliphatic rings. The van der Waals surface area contributed by atoms with Crippen molar-refractivity contribution < 1.29 is 14.6 Å². The van der Waals surface area contributed by atoms with Gasteiger partial charge >= 0.3 is 0 Å². The molecule has 1 aromatic rings. The van der Waals surface area contributed by atoms with Crippen LogP contribution < -0.4 is 10.1 Å². The number of ether oxygens (including phenoxy) is 1. The van der Waals surface area contributed by atoms with Crippen molar-refractivity contribution in [3.8, 4) is 5.75 Å². The zero-order valence-corrected chi connectivity index (χ0v) is 13.2. The van der Waals surface area contributed by atoms with Crippen LogP contribution in [-0.4, -0.2) is 29.8 Å². The lowest BCUT2D eigenvalue weighted by atomic mass is 9.96. The molecular formula is C17H25NO3. The van der Waals surface area contributed by atoms with Crippen LogP contribution in [0.5, 0.6) is 5.75 Å². The summed E-state index contributed by atoms with van der Waals surface area (Å²) in [5, 5.41) is 12.1. The average Bonchev–Trinajstić information content (AvgIpc) is 2.73. The second-order valence-corrected chi connectivity index (χ2v) is 6.17. The van der Waals surface area contributed by atoms with Gasteiger partial charge < -0.3 is 15.2 Å². The summed E-state index contributed by atoms with van der Waals surface area (Å²) in [6.07, 6.45) is 0.652. The van der Waals surface area contributed by atoms with Gasteiger partial charge in [-0.25, -0.2) is 0 Å². The van der Waals surface area contributed by atoms with E-state index in [0.29, 0.717) is 23.7 Å². The van der Waals surface area contributed by atoms with E-state index in [1.807, 2.05) is 32.9 Å². The summed E-state index contributed by atoms with van der Waals surface area (Å²) in [7, 11) is 0. The molecule has 2 rings (SSSR count). The Hall–Kier alpha value is -1.55. The summed E-state index contributed by atoms with van der Waals surface area (Å²) in [4.78, 5) is 12.5. The van der Waals surface area contributed by atoms with E-state index in [1.165, 1.54) is 0 Å². The summed E-state index contributed by atoms with van der Waals surface area (Å²) >= 11 is 0. The molecule has 0 saturated heterocycles. The Morgan fingerprint density at radius 3 is 2.71 bits per heavy atom. The van der Waals surface area contributed by atoms with Gasteiger partial charge in [0.25, 0.3) is 5.91 Å². The third-order valence-electron chi connectivity index (χ3n) is 4.35. The Labute approximate surface area is 126 Å². The van der Waals surface area contributed by atoms with Crippen LogP contribution >= 0.6 is 0 Å². The predicted molar refractivity (Wildman–Crippen MR) is 82.7 cm³/mol. The number of benzene rings is 1. The van der Waals surface area contributed by atoms with Gasteiger partial charge in [0.2, 0.25) is 0 Å². The Morgan fingerprint density at radius 1 is 1.38 bits per heavy atom. The molecule has 1 amide bonds. The van der Waals surface area contributed by atoms with E-state index in [4.69, 9.17) is 9.84 Å². The highest BCUT2D eigenvalue weighted by atomic mass is 16.5. The smallest absolute Gasteiger partial charge is 0.255 e. The second-order valence-electron chi connectivity index (χ2n) is 6.17. The second kappa shape index (κ2) is 6.48. The van der Waals surface area contributed by atoms with Crippen molar-refractivity contribution in [2.45, 2.75) is 52.2 Å². The largest absolute Gasteiger partial charge is 0.489 e. The minimum absolute atomic E-state index is 0.0328. The number of nitrogens with one attached hydrogen (secondary N) is 1. The first-order chi connectivity index (χ1) is 9.95. The molecule has 1 heterocycles. The van der Waals surface area contributed by atoms with Gasteiger partial charge in [0.05, 0.1) is 5.56 Å². The Kier molecular flexibility index (Phi) is 4.88. The molecule has 0 saturated carbocycles. The number of aliphatic hydroxyl groups excluding tert-OH is 1. The summed E-state index contributed by atoms with van der Waals surface area (Å²) in [6, 6.07) is 5.69. The van der Waals surface area contributed by atoms with Gasteiger partial charge in [-0.15, -0.1) is 0 Å². The molecule has 0 spiro atoms. The number of rotatable bonds is 5. The fraction of sp³-hybridized carbons (Fsp3) is 0.588. The van der Waals surface area contributed by atoms with Gasteiger partial charge in [0.15, 0.2) is 0 Å². The number of carbonyl (C=O) groups is 1. The van der Waals surface area contributed by atoms with Crippen LogP contribution in [0, 0.1) is 5.92 Å². The van der Waals surface area contributed by atoms with Crippen LogP contribution in [0.4, 0.5) is 0 Å². The van der Waals surface area contributed by atoms with Gasteiger partial charge in [0.1, 0.15) is 11.9 Å². The van der Waals surface area contributed by atoms with E-state index >= 15 is 0 Å². The molecule has 0 aliphatic carbocycles. The molecule has 4 heteroatoms. The molecule has 4 nitrogen and oxygen atoms in total. The van der Waals surface area contributed by atoms with E-state index < -0.39 is 0 Å². The number of carbonyl (C=O) groups excluding carboxylic acids is 1. The maximum atomic E-state index is 12.5. The van der Waals surface area contributed by atoms with Gasteiger partial charge in [-0.1, -0.05) is 32.9 Å². The predicted octanol–water partition coefficient (Wildman–Crippen LogP) is 2.71. The highest BCUT2D eigenvalue weighted by Crippen LogP contribution is 2.40. The molecule has 1 aliphatic heterocycles. The first kappa shape index (κ1) is 15.8. The Morgan fingerprint density at radius 2 is 2.10 bits per heavy atom. The summed E-state index contributed by atoms with van der Waals surface area (Å²) in [5.41, 5.74) is 1.69. The first-order valence-electron chi connectivity index (χ1n) is 7.67. The van der Waals surface area contributed by atoms with Crippen molar-refractivity contribution in [2.24, 2.45) is 5.92 Å². The topological polar surface area (TPSA) is 58.6 Å². The maximum absolute atomic E-state index is 12.5. The molecule has 3 unspecified atom stereocenters. The van der Waals surface area contributed by atoms with Crippen LogP contribution in [0.25, 0.3) is 0 Å². The third kappa shape index (κ3) is 3.21. The van der Waals surface area contributed by atoms with Crippen LogP contribution in [0.1, 0.15) is 56.0 Å². The SMILES string of the molecule is CC(C)C(CCO)NC(=O)c1cccc2c1OC(C)C2C. The zero-order chi connectivity index (χ0) is 15.6. The molecule has 3 atom stereocenters. The molecule has 1 aromatic carbocycles. The summed E-state index contributed by atoms with van der Waals surface area (Å²) < 4.78 is 5.86. The van der Waals surface area contributed by atoms with Crippen LogP contribution in [0.15, 0.2) is 18.2 Å². The van der Waals surface area contributed by atoms with Crippen molar-refractivity contribution in [3.05, 3.63) is 29.3 Å². The number of hydrogen-bond donors (Lipinski definition) is 2. The molecule has 0 radical (unpaired) electrons. The number of hydrogen-bond acceptors (Lipinski definition) is 3. The highest BCUT2D eigenvalue weighted by Gasteiger charge is 2.31. The lowest BCUT2D eigenvalue weighted by Gasteiger charge is -2.22. The van der Waals surface area contributed by atoms with E-state index in [-0.39, 0.29) is 30.6 Å². The van der Waals surface area contributed by atoms with Gasteiger partial charge in [-0.2, -0.15) is 0 Å². The Bertz CT molecular complexity index is 513. The molecule has 116 valence electrons. The number of amides is 1. The van der Waals surface area contributed by atoms with Crippen molar-refractivity contribution in [1.82, 2.24) is 5.32 Å². The monoisotopic (exact) mass is 291 g/mol. The number of aliphatic hydroxyl groups is 1. The van der Waals surface area contributed by atoms with Crippen LogP contribution in [0.2, 0.25) is 0 Å². The molecule has 0 bridgehead atoms. The zero-order valence-electron chi connectivity index (χ0n) is 13.2. The molecule has 21 heavy (non-hydrogen) atoms. The lowest BCUT2D eigenvalue weighted by Crippen LogP contribution is -2.39. The van der Waals surface area contributed by atoms with Gasteiger partial charge in [-0.05, 0) is 25.3 Å². The number of fused-ring (bicyclic) bond motifs is 1. The maximum Gasteiger partial charge on any atom is 0.255 e. The van der Waals surface area contributed by atoms with Crippen molar-refractivity contribution in [1.29, 1.82) is 0 Å². The average molecular weight is 291 g/mol. The summed E-state index contributed by atoms with van der Waals surface area (Å²) in [6.45, 7) is 8.28. The lowest BCUT2D eigenvalue weighted by molar-refractivity contribution is 0.0911. The highest BCUT2D eigenvalue weighted by molar-refractivity contribution is 5.97. The van der Waals surface area contributed by atoms with Crippen molar-refractivity contribution in [3.63, 3.8) is 0 Å². The quantitative estimate of drug-likeness (QED) is 0.877. The van der Waals surface area contributed by atoms with E-state index in [2.05, 4.69) is 12.2 Å². The van der Waals surface area contributed by atoms with E-state index in [9.17, 15) is 4.79 Å². The van der Waals surface area contributed by atoms with E-state index in [1.54, 1.807) is 6.07 Å². The van der Waals surface area contributed by atoms with Crippen molar-refractivity contribution in [2.75, 3.05) is 6.61 Å². The minimum Gasteiger partial charge on any atom is -0.489 e. The van der Waals surface area contributed by atoms with Crippen molar-refractivity contribution >= 4 is 5.91 Å². The normalized spacial score (nSPS) is 21.8. The summed E-state index contributed by atoms with van der Waals surface area (Å²) in [5.74, 6) is 1.16. The number of para-hydroxylation sites is 1. The standard InChI is InChI=1S/C17H25NO3/c1-10(2)15(8-9-19)18-17(20)14-7-5-6-13-11(3)12(4)21-16(13)14/h5-7,10-12,15,19H,8-9H2,1-4H3,(H,18,20). The van der Waals surface area contributed by atoms with E-state index in [0.717, 1.165) is 5.56 Å². The third-order valence-corrected chi connectivity index (χ3v) is 4.35. The van der Waals surface area contributed by atoms with Gasteiger partial charge in [0, 0.05) is 24.1 Å². The molecular weight excluding hydrogens is 266 g/mol. The van der Waals surface area contributed by atoms with Crippen LogP contribution in [-0.2, 0) is 0 Å². The Balaban J connectivity index is 2.21. The fourth-order valence-electron chi connectivity index (χ4n) is 2.72. The first-order valence-corrected chi connectivity index (χ1v) is 7.67. The van der Waals surface area contributed by atoms with Crippen LogP contribution in [0.3, 0.4) is 0 Å². The fourth-order valence-corrected chi connectivity index (χ4v) is 2.72. The molecule has 0 fully saturated rings. The van der Waals surface area contributed by atoms with Gasteiger partial charge in [-0.3, -0.25) is 4.79 Å².